The zero-order chi connectivity index (χ0) is 18.8. The molecular weight excluding hydrogens is 370 g/mol. The molecule has 0 radical (unpaired) electrons. The van der Waals surface area contributed by atoms with Gasteiger partial charge in [0, 0.05) is 11.1 Å². The molecule has 0 spiro atoms. The van der Waals surface area contributed by atoms with Crippen molar-refractivity contribution in [1.29, 1.82) is 0 Å². The molecule has 2 aromatic heterocycles. The molecule has 2 heterocycles. The molecule has 0 fully saturated rings. The molecule has 0 bridgehead atoms. The molecule has 27 heavy (non-hydrogen) atoms. The van der Waals surface area contributed by atoms with E-state index in [0.717, 1.165) is 11.0 Å². The molecule has 0 amide bonds. The summed E-state index contributed by atoms with van der Waals surface area (Å²) < 4.78 is 5.63. The number of nitrogens with one attached hydrogen (secondary N) is 2. The quantitative estimate of drug-likeness (QED) is 0.292. The number of imidazole rings is 1. The SMILES string of the molecule is O=[N+]([O-])c1cc(Cl)ccc1-c1ccc(/C=N/Nc2nc3ccccc3[nH]2)o1. The van der Waals surface area contributed by atoms with E-state index in [1.807, 2.05) is 24.3 Å². The van der Waals surface area contributed by atoms with Crippen LogP contribution in [0.5, 0.6) is 0 Å². The van der Waals surface area contributed by atoms with E-state index in [1.165, 1.54) is 12.3 Å². The van der Waals surface area contributed by atoms with Crippen LogP contribution in [0.15, 0.2) is 64.1 Å². The minimum Gasteiger partial charge on any atom is -0.455 e. The van der Waals surface area contributed by atoms with Crippen molar-refractivity contribution in [2.75, 3.05) is 5.43 Å². The number of nitro benzene ring substituents is 1. The summed E-state index contributed by atoms with van der Waals surface area (Å²) in [5, 5.41) is 15.6. The third-order valence-corrected chi connectivity index (χ3v) is 4.04. The van der Waals surface area contributed by atoms with Crippen molar-refractivity contribution < 1.29 is 9.34 Å². The van der Waals surface area contributed by atoms with Crippen LogP contribution < -0.4 is 5.43 Å². The highest BCUT2D eigenvalue weighted by Gasteiger charge is 2.18. The Bertz CT molecular complexity index is 1130. The van der Waals surface area contributed by atoms with E-state index in [-0.39, 0.29) is 10.7 Å². The number of rotatable bonds is 5. The summed E-state index contributed by atoms with van der Waals surface area (Å²) in [6.45, 7) is 0. The molecule has 2 N–H and O–H groups in total. The molecule has 0 saturated carbocycles. The van der Waals surface area contributed by atoms with Gasteiger partial charge in [0.05, 0.1) is 27.7 Å². The number of furan rings is 1. The van der Waals surface area contributed by atoms with Crippen LogP contribution in [0.4, 0.5) is 11.6 Å². The van der Waals surface area contributed by atoms with E-state index in [2.05, 4.69) is 20.5 Å². The number of hydrogen-bond acceptors (Lipinski definition) is 6. The first-order valence-electron chi connectivity index (χ1n) is 7.88. The second-order valence-corrected chi connectivity index (χ2v) is 6.03. The average Bonchev–Trinajstić information content (AvgIpc) is 3.28. The number of nitro groups is 1. The first kappa shape index (κ1) is 16.8. The normalized spacial score (nSPS) is 11.3. The fourth-order valence-electron chi connectivity index (χ4n) is 2.59. The molecule has 0 atom stereocenters. The largest absolute Gasteiger partial charge is 0.455 e. The highest BCUT2D eigenvalue weighted by molar-refractivity contribution is 6.30. The van der Waals surface area contributed by atoms with E-state index < -0.39 is 4.92 Å². The van der Waals surface area contributed by atoms with Crippen molar-refractivity contribution in [2.45, 2.75) is 0 Å². The molecule has 0 aliphatic rings. The Morgan fingerprint density at radius 3 is 2.89 bits per heavy atom. The lowest BCUT2D eigenvalue weighted by molar-refractivity contribution is -0.384. The topological polar surface area (TPSA) is 109 Å². The number of nitrogens with zero attached hydrogens (tertiary/aromatic N) is 3. The van der Waals surface area contributed by atoms with Crippen LogP contribution in [0, 0.1) is 10.1 Å². The number of hydrogen-bond donors (Lipinski definition) is 2. The molecule has 4 aromatic rings. The highest BCUT2D eigenvalue weighted by atomic mass is 35.5. The Labute approximate surface area is 157 Å². The first-order chi connectivity index (χ1) is 13.1. The molecule has 9 heteroatoms. The Hall–Kier alpha value is -3.65. The highest BCUT2D eigenvalue weighted by Crippen LogP contribution is 2.33. The first-order valence-corrected chi connectivity index (χ1v) is 8.26. The average molecular weight is 382 g/mol. The van der Waals surface area contributed by atoms with Gasteiger partial charge in [-0.3, -0.25) is 10.1 Å². The van der Waals surface area contributed by atoms with E-state index in [4.69, 9.17) is 16.0 Å². The van der Waals surface area contributed by atoms with Crippen LogP contribution in [0.25, 0.3) is 22.4 Å². The second-order valence-electron chi connectivity index (χ2n) is 5.59. The van der Waals surface area contributed by atoms with E-state index in [9.17, 15) is 10.1 Å². The maximum Gasteiger partial charge on any atom is 0.281 e. The summed E-state index contributed by atoms with van der Waals surface area (Å²) in [5.74, 6) is 1.27. The molecular formula is C18H12ClN5O3. The monoisotopic (exact) mass is 381 g/mol. The van der Waals surface area contributed by atoms with Crippen molar-refractivity contribution in [3.05, 3.63) is 75.5 Å². The summed E-state index contributed by atoms with van der Waals surface area (Å²) in [6.07, 6.45) is 1.46. The van der Waals surface area contributed by atoms with Crippen LogP contribution >= 0.6 is 11.6 Å². The minimum absolute atomic E-state index is 0.124. The molecule has 4 rings (SSSR count). The molecule has 0 saturated heterocycles. The fraction of sp³-hybridized carbons (Fsp3) is 0. The van der Waals surface area contributed by atoms with Crippen LogP contribution in [0.2, 0.25) is 5.02 Å². The van der Waals surface area contributed by atoms with Gasteiger partial charge in [0.15, 0.2) is 0 Å². The number of aromatic nitrogens is 2. The summed E-state index contributed by atoms with van der Waals surface area (Å²) in [5.41, 5.74) is 4.72. The Morgan fingerprint density at radius 2 is 2.07 bits per heavy atom. The molecule has 8 nitrogen and oxygen atoms in total. The van der Waals surface area contributed by atoms with E-state index in [1.54, 1.807) is 24.3 Å². The summed E-state index contributed by atoms with van der Waals surface area (Å²) in [6, 6.07) is 15.3. The number of para-hydroxylation sites is 2. The van der Waals surface area contributed by atoms with Crippen LogP contribution in [-0.4, -0.2) is 21.1 Å². The summed E-state index contributed by atoms with van der Waals surface area (Å²) in [7, 11) is 0. The maximum atomic E-state index is 11.2. The van der Waals surface area contributed by atoms with Crippen molar-refractivity contribution >= 4 is 40.5 Å². The lowest BCUT2D eigenvalue weighted by Gasteiger charge is -2.00. The number of anilines is 1. The molecule has 0 aliphatic heterocycles. The summed E-state index contributed by atoms with van der Waals surface area (Å²) >= 11 is 5.84. The van der Waals surface area contributed by atoms with Gasteiger partial charge in [-0.25, -0.2) is 10.4 Å². The van der Waals surface area contributed by atoms with Crippen molar-refractivity contribution in [3.63, 3.8) is 0 Å². The number of fused-ring (bicyclic) bond motifs is 1. The van der Waals surface area contributed by atoms with Gasteiger partial charge < -0.3 is 9.40 Å². The molecule has 0 unspecified atom stereocenters. The van der Waals surface area contributed by atoms with Gasteiger partial charge in [-0.1, -0.05) is 23.7 Å². The third kappa shape index (κ3) is 3.51. The number of hydrazone groups is 1. The minimum atomic E-state index is -0.499. The van der Waals surface area contributed by atoms with Gasteiger partial charge in [-0.2, -0.15) is 5.10 Å². The van der Waals surface area contributed by atoms with Gasteiger partial charge in [-0.05, 0) is 36.4 Å². The number of H-pyrrole nitrogens is 1. The molecule has 0 aliphatic carbocycles. The predicted molar refractivity (Wildman–Crippen MR) is 103 cm³/mol. The Morgan fingerprint density at radius 1 is 1.22 bits per heavy atom. The zero-order valence-electron chi connectivity index (χ0n) is 13.7. The van der Waals surface area contributed by atoms with Gasteiger partial charge in [0.25, 0.3) is 5.69 Å². The van der Waals surface area contributed by atoms with Crippen LogP contribution in [0.1, 0.15) is 5.76 Å². The van der Waals surface area contributed by atoms with E-state index in [0.29, 0.717) is 23.0 Å². The number of halogens is 1. The Balaban J connectivity index is 1.53. The third-order valence-electron chi connectivity index (χ3n) is 3.80. The number of benzene rings is 2. The van der Waals surface area contributed by atoms with Crippen LogP contribution in [-0.2, 0) is 0 Å². The fourth-order valence-corrected chi connectivity index (χ4v) is 2.76. The van der Waals surface area contributed by atoms with Crippen LogP contribution in [0.3, 0.4) is 0 Å². The zero-order valence-corrected chi connectivity index (χ0v) is 14.5. The maximum absolute atomic E-state index is 11.2. The van der Waals surface area contributed by atoms with Gasteiger partial charge in [-0.15, -0.1) is 0 Å². The van der Waals surface area contributed by atoms with Crippen molar-refractivity contribution in [3.8, 4) is 11.3 Å². The molecule has 2 aromatic carbocycles. The lowest BCUT2D eigenvalue weighted by Crippen LogP contribution is -1.92. The Kier molecular flexibility index (Phi) is 4.31. The van der Waals surface area contributed by atoms with Gasteiger partial charge in [0.1, 0.15) is 11.5 Å². The predicted octanol–water partition coefficient (Wildman–Crippen LogP) is 4.83. The summed E-state index contributed by atoms with van der Waals surface area (Å²) in [4.78, 5) is 18.1. The second kappa shape index (κ2) is 6.93. The standard InChI is InChI=1S/C18H12ClN5O3/c19-11-5-7-13(16(9-11)24(25)26)17-8-6-12(27-17)10-20-23-18-21-14-3-1-2-4-15(14)22-18/h1-10H,(H2,21,22,23)/b20-10+. The van der Waals surface area contributed by atoms with Crippen molar-refractivity contribution in [2.24, 2.45) is 5.10 Å². The van der Waals surface area contributed by atoms with Gasteiger partial charge >= 0.3 is 0 Å². The molecule has 134 valence electrons. The van der Waals surface area contributed by atoms with Crippen molar-refractivity contribution in [1.82, 2.24) is 9.97 Å². The smallest absolute Gasteiger partial charge is 0.281 e. The van der Waals surface area contributed by atoms with Gasteiger partial charge in [0.2, 0.25) is 5.95 Å². The lowest BCUT2D eigenvalue weighted by atomic mass is 10.1. The number of aromatic amines is 1. The van der Waals surface area contributed by atoms with E-state index >= 15 is 0 Å².